The molecule has 0 unspecified atom stereocenters. The number of carbonyl (C=O) groups is 2. The monoisotopic (exact) mass is 250 g/mol. The number of amides is 2. The number of likely N-dealkylation sites (tertiary alicyclic amines) is 1. The molecule has 0 aromatic rings. The highest BCUT2D eigenvalue weighted by Gasteiger charge is 2.37. The van der Waals surface area contributed by atoms with Crippen molar-refractivity contribution in [3.63, 3.8) is 0 Å². The Kier molecular flexibility index (Phi) is 3.03. The van der Waals surface area contributed by atoms with Crippen molar-refractivity contribution in [1.29, 1.82) is 0 Å². The van der Waals surface area contributed by atoms with Crippen LogP contribution in [0.1, 0.15) is 25.7 Å². The maximum atomic E-state index is 12.3. The number of hydrogen-bond donors (Lipinski definition) is 2. The van der Waals surface area contributed by atoms with Crippen molar-refractivity contribution in [2.24, 2.45) is 11.0 Å². The molecule has 3 rings (SSSR count). The first-order valence-electron chi connectivity index (χ1n) is 6.62. The smallest absolute Gasteiger partial charge is 0.270 e. The first-order valence-corrected chi connectivity index (χ1v) is 6.62. The molecule has 2 atom stereocenters. The van der Waals surface area contributed by atoms with Crippen molar-refractivity contribution in [2.45, 2.75) is 31.7 Å². The zero-order chi connectivity index (χ0) is 12.5. The topological polar surface area (TPSA) is 73.8 Å². The van der Waals surface area contributed by atoms with Gasteiger partial charge in [-0.25, -0.2) is 5.43 Å². The molecule has 98 valence electrons. The van der Waals surface area contributed by atoms with Crippen LogP contribution >= 0.6 is 0 Å². The summed E-state index contributed by atoms with van der Waals surface area (Å²) in [4.78, 5) is 25.1. The highest BCUT2D eigenvalue weighted by Crippen LogP contribution is 2.25. The summed E-state index contributed by atoms with van der Waals surface area (Å²) in [6.45, 7) is 2.65. The van der Waals surface area contributed by atoms with Crippen LogP contribution in [0.15, 0.2) is 5.10 Å². The van der Waals surface area contributed by atoms with E-state index < -0.39 is 0 Å². The van der Waals surface area contributed by atoms with E-state index in [1.807, 2.05) is 4.90 Å². The molecule has 3 aliphatic rings. The van der Waals surface area contributed by atoms with Crippen LogP contribution in [0, 0.1) is 5.92 Å². The van der Waals surface area contributed by atoms with Crippen LogP contribution in [0.2, 0.25) is 0 Å². The molecular formula is C12H18N4O2. The maximum Gasteiger partial charge on any atom is 0.270 e. The third-order valence-electron chi connectivity index (χ3n) is 4.04. The number of hydrazone groups is 1. The summed E-state index contributed by atoms with van der Waals surface area (Å²) < 4.78 is 0. The SMILES string of the molecule is O=C1CCC(C(=O)N2C[C@@H]3CCCN[C@@H]3C2)=NN1. The Balaban J connectivity index is 1.65. The van der Waals surface area contributed by atoms with Gasteiger partial charge in [-0.05, 0) is 25.3 Å². The average molecular weight is 250 g/mol. The number of rotatable bonds is 1. The van der Waals surface area contributed by atoms with E-state index in [0.29, 0.717) is 30.5 Å². The molecule has 2 amide bonds. The van der Waals surface area contributed by atoms with Gasteiger partial charge in [-0.1, -0.05) is 0 Å². The first kappa shape index (κ1) is 11.6. The van der Waals surface area contributed by atoms with Crippen molar-refractivity contribution in [1.82, 2.24) is 15.6 Å². The zero-order valence-corrected chi connectivity index (χ0v) is 10.3. The van der Waals surface area contributed by atoms with E-state index in [9.17, 15) is 9.59 Å². The lowest BCUT2D eigenvalue weighted by Crippen LogP contribution is -2.42. The first-order chi connectivity index (χ1) is 8.74. The van der Waals surface area contributed by atoms with Gasteiger partial charge in [0.25, 0.3) is 5.91 Å². The Morgan fingerprint density at radius 3 is 2.94 bits per heavy atom. The number of carbonyl (C=O) groups excluding carboxylic acids is 2. The molecule has 3 heterocycles. The fourth-order valence-corrected chi connectivity index (χ4v) is 3.02. The van der Waals surface area contributed by atoms with Crippen molar-refractivity contribution in [3.05, 3.63) is 0 Å². The van der Waals surface area contributed by atoms with Crippen molar-refractivity contribution >= 4 is 17.5 Å². The van der Waals surface area contributed by atoms with Crippen molar-refractivity contribution < 1.29 is 9.59 Å². The summed E-state index contributed by atoms with van der Waals surface area (Å²) in [6.07, 6.45) is 3.22. The van der Waals surface area contributed by atoms with Crippen molar-refractivity contribution in [2.75, 3.05) is 19.6 Å². The molecule has 0 bridgehead atoms. The Morgan fingerprint density at radius 1 is 1.33 bits per heavy atom. The summed E-state index contributed by atoms with van der Waals surface area (Å²) in [5.41, 5.74) is 2.88. The van der Waals surface area contributed by atoms with E-state index in [1.54, 1.807) is 0 Å². The molecule has 6 nitrogen and oxygen atoms in total. The molecular weight excluding hydrogens is 232 g/mol. The van der Waals surface area contributed by atoms with Crippen LogP contribution < -0.4 is 10.7 Å². The minimum atomic E-state index is -0.108. The Hall–Kier alpha value is -1.43. The molecule has 0 aliphatic carbocycles. The predicted octanol–water partition coefficient (Wildman–Crippen LogP) is -0.537. The largest absolute Gasteiger partial charge is 0.336 e. The van der Waals surface area contributed by atoms with E-state index >= 15 is 0 Å². The molecule has 0 spiro atoms. The van der Waals surface area contributed by atoms with Crippen molar-refractivity contribution in [3.8, 4) is 0 Å². The van der Waals surface area contributed by atoms with Crippen LogP contribution in [0.5, 0.6) is 0 Å². The second-order valence-corrected chi connectivity index (χ2v) is 5.27. The van der Waals surface area contributed by atoms with Crippen LogP contribution in [0.25, 0.3) is 0 Å². The predicted molar refractivity (Wildman–Crippen MR) is 65.9 cm³/mol. The van der Waals surface area contributed by atoms with Crippen LogP contribution in [0.3, 0.4) is 0 Å². The average Bonchev–Trinajstić information content (AvgIpc) is 2.82. The van der Waals surface area contributed by atoms with Gasteiger partial charge in [-0.15, -0.1) is 0 Å². The van der Waals surface area contributed by atoms with Gasteiger partial charge < -0.3 is 10.2 Å². The fourth-order valence-electron chi connectivity index (χ4n) is 3.02. The standard InChI is InChI=1S/C12H18N4O2/c17-11-4-3-9(14-15-11)12(18)16-6-8-2-1-5-13-10(8)7-16/h8,10,13H,1-7H2,(H,15,17)/t8-,10+/m0/s1. The Labute approximate surface area is 106 Å². The second-order valence-electron chi connectivity index (χ2n) is 5.27. The number of hydrogen-bond acceptors (Lipinski definition) is 4. The molecule has 0 saturated carbocycles. The van der Waals surface area contributed by atoms with Crippen LogP contribution in [-0.2, 0) is 9.59 Å². The van der Waals surface area contributed by atoms with Gasteiger partial charge in [0.2, 0.25) is 5.91 Å². The van der Waals surface area contributed by atoms with Gasteiger partial charge in [0, 0.05) is 32.0 Å². The summed E-state index contributed by atoms with van der Waals surface area (Å²) in [6, 6.07) is 0.446. The Morgan fingerprint density at radius 2 is 2.22 bits per heavy atom. The van der Waals surface area contributed by atoms with Gasteiger partial charge in [-0.3, -0.25) is 9.59 Å². The van der Waals surface area contributed by atoms with Gasteiger partial charge in [0.05, 0.1) is 0 Å². The molecule has 3 aliphatic heterocycles. The molecule has 0 aromatic carbocycles. The summed E-state index contributed by atoms with van der Waals surface area (Å²) in [5, 5.41) is 7.35. The number of nitrogens with zero attached hydrogens (tertiary/aromatic N) is 2. The number of nitrogens with one attached hydrogen (secondary N) is 2. The molecule has 0 aromatic heterocycles. The van der Waals surface area contributed by atoms with Crippen LogP contribution in [-0.4, -0.2) is 48.1 Å². The van der Waals surface area contributed by atoms with Gasteiger partial charge in [0.15, 0.2) is 0 Å². The van der Waals surface area contributed by atoms with Crippen LogP contribution in [0.4, 0.5) is 0 Å². The lowest BCUT2D eigenvalue weighted by atomic mass is 9.94. The normalized spacial score (nSPS) is 31.7. The van der Waals surface area contributed by atoms with Gasteiger partial charge in [0.1, 0.15) is 5.71 Å². The van der Waals surface area contributed by atoms with Gasteiger partial charge >= 0.3 is 0 Å². The molecule has 18 heavy (non-hydrogen) atoms. The molecule has 6 heteroatoms. The van der Waals surface area contributed by atoms with E-state index in [4.69, 9.17) is 0 Å². The van der Waals surface area contributed by atoms with E-state index in [1.165, 1.54) is 12.8 Å². The minimum absolute atomic E-state index is 0.00815. The summed E-state index contributed by atoms with van der Waals surface area (Å²) >= 11 is 0. The quantitative estimate of drug-likeness (QED) is 0.656. The van der Waals surface area contributed by atoms with E-state index in [2.05, 4.69) is 15.8 Å². The highest BCUT2D eigenvalue weighted by atomic mass is 16.2. The maximum absolute atomic E-state index is 12.3. The second kappa shape index (κ2) is 4.68. The number of piperidine rings is 1. The molecule has 2 N–H and O–H groups in total. The lowest BCUT2D eigenvalue weighted by Gasteiger charge is -2.24. The Bertz CT molecular complexity index is 393. The zero-order valence-electron chi connectivity index (χ0n) is 10.3. The third kappa shape index (κ3) is 2.12. The molecule has 0 radical (unpaired) electrons. The van der Waals surface area contributed by atoms with Gasteiger partial charge in [-0.2, -0.15) is 5.10 Å². The summed E-state index contributed by atoms with van der Waals surface area (Å²) in [7, 11) is 0. The van der Waals surface area contributed by atoms with E-state index in [-0.39, 0.29) is 11.8 Å². The summed E-state index contributed by atoms with van der Waals surface area (Å²) in [5.74, 6) is 0.469. The fraction of sp³-hybridized carbons (Fsp3) is 0.750. The highest BCUT2D eigenvalue weighted by molar-refractivity contribution is 6.39. The lowest BCUT2D eigenvalue weighted by molar-refractivity contribution is -0.124. The number of fused-ring (bicyclic) bond motifs is 1. The molecule has 2 saturated heterocycles. The molecule has 2 fully saturated rings. The third-order valence-corrected chi connectivity index (χ3v) is 4.04. The minimum Gasteiger partial charge on any atom is -0.336 e. The van der Waals surface area contributed by atoms with E-state index in [0.717, 1.165) is 19.6 Å².